The zero-order valence-electron chi connectivity index (χ0n) is 18.4. The van der Waals surface area contributed by atoms with Crippen molar-refractivity contribution >= 4 is 23.7 Å². The number of hydrogen-bond donors (Lipinski definition) is 2. The standard InChI is InChI=1S/C22H31N3O5/c1-13(21(28)30-22(4,5)6)12-23-19(27)17-15(3)29-20(25-17)14(2)24-18(26)16-10-8-7-9-11-16/h7-11,13-15,17H,12H2,1-6H3,(H,23,27)(H,24,26)/t13-,14+,15?,17+/m1/s1. The van der Waals surface area contributed by atoms with Gasteiger partial charge in [0, 0.05) is 12.1 Å². The number of benzene rings is 1. The van der Waals surface area contributed by atoms with Crippen LogP contribution in [0, 0.1) is 5.92 Å². The third-order valence-corrected chi connectivity index (χ3v) is 4.43. The van der Waals surface area contributed by atoms with Gasteiger partial charge in [-0.05, 0) is 46.8 Å². The van der Waals surface area contributed by atoms with Gasteiger partial charge < -0.3 is 20.1 Å². The number of ether oxygens (including phenoxy) is 2. The first-order chi connectivity index (χ1) is 14.0. The average Bonchev–Trinajstić information content (AvgIpc) is 3.07. The lowest BCUT2D eigenvalue weighted by Crippen LogP contribution is -2.42. The minimum Gasteiger partial charge on any atom is -0.474 e. The fourth-order valence-electron chi connectivity index (χ4n) is 2.79. The van der Waals surface area contributed by atoms with Gasteiger partial charge in [0.25, 0.3) is 5.91 Å². The van der Waals surface area contributed by atoms with Crippen LogP contribution in [0.1, 0.15) is 51.9 Å². The smallest absolute Gasteiger partial charge is 0.310 e. The van der Waals surface area contributed by atoms with Gasteiger partial charge in [-0.2, -0.15) is 0 Å². The molecule has 2 rings (SSSR count). The molecule has 0 aliphatic carbocycles. The number of amides is 2. The zero-order valence-corrected chi connectivity index (χ0v) is 18.4. The predicted molar refractivity (Wildman–Crippen MR) is 113 cm³/mol. The van der Waals surface area contributed by atoms with Crippen LogP contribution in [0.4, 0.5) is 0 Å². The summed E-state index contributed by atoms with van der Waals surface area (Å²) in [6.45, 7) is 10.7. The van der Waals surface area contributed by atoms with Gasteiger partial charge in [0.1, 0.15) is 17.7 Å². The molecular formula is C22H31N3O5. The summed E-state index contributed by atoms with van der Waals surface area (Å²) < 4.78 is 11.0. The van der Waals surface area contributed by atoms with Crippen molar-refractivity contribution in [3.8, 4) is 0 Å². The molecule has 0 saturated heterocycles. The second-order valence-electron chi connectivity index (χ2n) is 8.48. The Hall–Kier alpha value is -2.90. The number of esters is 1. The number of hydrogen-bond acceptors (Lipinski definition) is 6. The fraction of sp³-hybridized carbons (Fsp3) is 0.545. The molecule has 0 radical (unpaired) electrons. The van der Waals surface area contributed by atoms with Crippen LogP contribution in [0.5, 0.6) is 0 Å². The van der Waals surface area contributed by atoms with Crippen molar-refractivity contribution in [3.63, 3.8) is 0 Å². The molecule has 1 aliphatic rings. The summed E-state index contributed by atoms with van der Waals surface area (Å²) in [4.78, 5) is 41.2. The number of carbonyl (C=O) groups is 3. The summed E-state index contributed by atoms with van der Waals surface area (Å²) in [6.07, 6.45) is -0.479. The third kappa shape index (κ3) is 6.57. The first kappa shape index (κ1) is 23.4. The summed E-state index contributed by atoms with van der Waals surface area (Å²) >= 11 is 0. The first-order valence-corrected chi connectivity index (χ1v) is 10.1. The average molecular weight is 418 g/mol. The van der Waals surface area contributed by atoms with Crippen molar-refractivity contribution in [2.75, 3.05) is 6.54 Å². The Bertz CT molecular complexity index is 801. The highest BCUT2D eigenvalue weighted by atomic mass is 16.6. The van der Waals surface area contributed by atoms with Gasteiger partial charge in [-0.1, -0.05) is 25.1 Å². The number of aliphatic imine (C=N–C) groups is 1. The molecule has 8 nitrogen and oxygen atoms in total. The molecule has 1 aromatic carbocycles. The Morgan fingerprint density at radius 2 is 1.80 bits per heavy atom. The molecule has 0 saturated carbocycles. The van der Waals surface area contributed by atoms with Gasteiger partial charge in [-0.15, -0.1) is 0 Å². The van der Waals surface area contributed by atoms with Crippen LogP contribution < -0.4 is 10.6 Å². The monoisotopic (exact) mass is 417 g/mol. The molecule has 1 heterocycles. The second-order valence-corrected chi connectivity index (χ2v) is 8.48. The molecule has 30 heavy (non-hydrogen) atoms. The quantitative estimate of drug-likeness (QED) is 0.661. The molecule has 164 valence electrons. The maximum absolute atomic E-state index is 12.5. The summed E-state index contributed by atoms with van der Waals surface area (Å²) in [7, 11) is 0. The van der Waals surface area contributed by atoms with E-state index < -0.39 is 29.7 Å². The van der Waals surface area contributed by atoms with Crippen LogP contribution >= 0.6 is 0 Å². The fourth-order valence-corrected chi connectivity index (χ4v) is 2.79. The lowest BCUT2D eigenvalue weighted by Gasteiger charge is -2.22. The van der Waals surface area contributed by atoms with E-state index in [1.165, 1.54) is 0 Å². The molecule has 1 aliphatic heterocycles. The lowest BCUT2D eigenvalue weighted by atomic mass is 10.1. The maximum atomic E-state index is 12.5. The highest BCUT2D eigenvalue weighted by Gasteiger charge is 2.36. The van der Waals surface area contributed by atoms with Gasteiger partial charge in [0.15, 0.2) is 6.04 Å². The minimum atomic E-state index is -0.748. The van der Waals surface area contributed by atoms with Gasteiger partial charge >= 0.3 is 5.97 Å². The molecule has 0 bridgehead atoms. The molecule has 1 aromatic rings. The first-order valence-electron chi connectivity index (χ1n) is 10.1. The molecular weight excluding hydrogens is 386 g/mol. The van der Waals surface area contributed by atoms with E-state index in [4.69, 9.17) is 9.47 Å². The number of carbonyl (C=O) groups excluding carboxylic acids is 3. The van der Waals surface area contributed by atoms with Crippen molar-refractivity contribution in [3.05, 3.63) is 35.9 Å². The Morgan fingerprint density at radius 3 is 2.40 bits per heavy atom. The number of rotatable bonds is 7. The zero-order chi connectivity index (χ0) is 22.5. The SMILES string of the molecule is CC1OC([C@H](C)NC(=O)c2ccccc2)=N[C@@H]1C(=O)NC[C@@H](C)C(=O)OC(C)(C)C. The normalized spacial score (nSPS) is 20.4. The van der Waals surface area contributed by atoms with E-state index in [2.05, 4.69) is 15.6 Å². The highest BCUT2D eigenvalue weighted by Crippen LogP contribution is 2.16. The molecule has 1 unspecified atom stereocenters. The molecule has 2 amide bonds. The van der Waals surface area contributed by atoms with E-state index in [0.29, 0.717) is 11.5 Å². The number of nitrogens with one attached hydrogen (secondary N) is 2. The topological polar surface area (TPSA) is 106 Å². The van der Waals surface area contributed by atoms with E-state index in [1.807, 2.05) is 6.07 Å². The second kappa shape index (κ2) is 9.73. The van der Waals surface area contributed by atoms with Crippen LogP contribution in [0.2, 0.25) is 0 Å². The molecule has 4 atom stereocenters. The summed E-state index contributed by atoms with van der Waals surface area (Å²) in [5.74, 6) is -1.15. The predicted octanol–water partition coefficient (Wildman–Crippen LogP) is 2.08. The molecule has 8 heteroatoms. The van der Waals surface area contributed by atoms with Crippen LogP contribution in [-0.2, 0) is 19.1 Å². The van der Waals surface area contributed by atoms with Gasteiger partial charge in [0.05, 0.1) is 5.92 Å². The third-order valence-electron chi connectivity index (χ3n) is 4.43. The van der Waals surface area contributed by atoms with E-state index in [9.17, 15) is 14.4 Å². The summed E-state index contributed by atoms with van der Waals surface area (Å²) in [6, 6.07) is 7.58. The van der Waals surface area contributed by atoms with Crippen molar-refractivity contribution in [2.24, 2.45) is 10.9 Å². The number of nitrogens with zero attached hydrogens (tertiary/aromatic N) is 1. The van der Waals surface area contributed by atoms with Crippen molar-refractivity contribution in [1.29, 1.82) is 0 Å². The molecule has 0 fully saturated rings. The lowest BCUT2D eigenvalue weighted by molar-refractivity contribution is -0.159. The molecule has 2 N–H and O–H groups in total. The Kier molecular flexibility index (Phi) is 7.59. The Balaban J connectivity index is 1.91. The van der Waals surface area contributed by atoms with E-state index in [1.54, 1.807) is 65.8 Å². The van der Waals surface area contributed by atoms with Crippen LogP contribution in [0.15, 0.2) is 35.3 Å². The molecule has 0 aromatic heterocycles. The van der Waals surface area contributed by atoms with E-state index in [0.717, 1.165) is 0 Å². The summed E-state index contributed by atoms with van der Waals surface area (Å²) in [5.41, 5.74) is -0.0516. The maximum Gasteiger partial charge on any atom is 0.310 e. The molecule has 0 spiro atoms. The summed E-state index contributed by atoms with van der Waals surface area (Å²) in [5, 5.41) is 5.55. The van der Waals surface area contributed by atoms with Gasteiger partial charge in [-0.3, -0.25) is 14.4 Å². The van der Waals surface area contributed by atoms with Crippen LogP contribution in [0.25, 0.3) is 0 Å². The van der Waals surface area contributed by atoms with Gasteiger partial charge in [-0.25, -0.2) is 4.99 Å². The van der Waals surface area contributed by atoms with Crippen molar-refractivity contribution in [2.45, 2.75) is 65.3 Å². The minimum absolute atomic E-state index is 0.141. The largest absolute Gasteiger partial charge is 0.474 e. The Morgan fingerprint density at radius 1 is 1.17 bits per heavy atom. The van der Waals surface area contributed by atoms with Crippen molar-refractivity contribution < 1.29 is 23.9 Å². The van der Waals surface area contributed by atoms with Crippen molar-refractivity contribution in [1.82, 2.24) is 10.6 Å². The van der Waals surface area contributed by atoms with Crippen LogP contribution in [0.3, 0.4) is 0 Å². The van der Waals surface area contributed by atoms with E-state index >= 15 is 0 Å². The Labute approximate surface area is 177 Å². The van der Waals surface area contributed by atoms with Gasteiger partial charge in [0.2, 0.25) is 11.8 Å². The van der Waals surface area contributed by atoms with E-state index in [-0.39, 0.29) is 24.3 Å². The highest BCUT2D eigenvalue weighted by molar-refractivity contribution is 5.98. The van der Waals surface area contributed by atoms with Crippen LogP contribution in [-0.4, -0.2) is 54.0 Å².